The molecule has 0 atom stereocenters. The van der Waals surface area contributed by atoms with Gasteiger partial charge in [-0.2, -0.15) is 13.2 Å². The van der Waals surface area contributed by atoms with Crippen LogP contribution in [0.5, 0.6) is 0 Å². The number of hydrogen-bond donors (Lipinski definition) is 1. The van der Waals surface area contributed by atoms with E-state index in [0.717, 1.165) is 6.07 Å². The largest absolute Gasteiger partial charge is 0.419 e. The fourth-order valence-corrected chi connectivity index (χ4v) is 1.52. The molecule has 0 spiro atoms. The highest BCUT2D eigenvalue weighted by atomic mass is 19.4. The first kappa shape index (κ1) is 14.7. The molecule has 1 heterocycles. The van der Waals surface area contributed by atoms with Crippen LogP contribution in [0.25, 0.3) is 0 Å². The number of ether oxygens (including phenoxy) is 1. The van der Waals surface area contributed by atoms with Crippen molar-refractivity contribution in [1.29, 1.82) is 0 Å². The van der Waals surface area contributed by atoms with Gasteiger partial charge in [0.25, 0.3) is 0 Å². The lowest BCUT2D eigenvalue weighted by atomic mass is 10.2. The molecule has 18 heavy (non-hydrogen) atoms. The summed E-state index contributed by atoms with van der Waals surface area (Å²) < 4.78 is 43.3. The van der Waals surface area contributed by atoms with Crippen molar-refractivity contribution in [3.8, 4) is 0 Å². The van der Waals surface area contributed by atoms with Crippen molar-refractivity contribution in [2.24, 2.45) is 0 Å². The Morgan fingerprint density at radius 3 is 2.67 bits per heavy atom. The summed E-state index contributed by atoms with van der Waals surface area (Å²) in [7, 11) is 1.46. The second kappa shape index (κ2) is 6.55. The summed E-state index contributed by atoms with van der Waals surface area (Å²) in [5.41, 5.74) is -0.811. The van der Waals surface area contributed by atoms with Gasteiger partial charge in [-0.1, -0.05) is 0 Å². The van der Waals surface area contributed by atoms with E-state index in [2.05, 4.69) is 4.98 Å². The first-order chi connectivity index (χ1) is 8.50. The van der Waals surface area contributed by atoms with Crippen LogP contribution in [0.4, 0.5) is 19.0 Å². The molecule has 7 heteroatoms. The molecule has 1 aromatic heterocycles. The number of alkyl halides is 3. The molecule has 0 fully saturated rings. The number of aliphatic hydroxyl groups excluding tert-OH is 1. The van der Waals surface area contributed by atoms with E-state index in [9.17, 15) is 13.2 Å². The third kappa shape index (κ3) is 3.85. The minimum atomic E-state index is -4.47. The number of halogens is 3. The summed E-state index contributed by atoms with van der Waals surface area (Å²) in [6.07, 6.45) is -3.17. The van der Waals surface area contributed by atoms with Crippen LogP contribution in [-0.2, 0) is 10.9 Å². The monoisotopic (exact) mass is 264 g/mol. The quantitative estimate of drug-likeness (QED) is 0.846. The lowest BCUT2D eigenvalue weighted by Crippen LogP contribution is -2.32. The van der Waals surface area contributed by atoms with Gasteiger partial charge in [0, 0.05) is 26.4 Å². The summed E-state index contributed by atoms with van der Waals surface area (Å²) in [5.74, 6) is -0.184. The van der Waals surface area contributed by atoms with Gasteiger partial charge in [-0.05, 0) is 12.1 Å². The van der Waals surface area contributed by atoms with E-state index in [1.165, 1.54) is 24.3 Å². The van der Waals surface area contributed by atoms with Crippen LogP contribution in [0.1, 0.15) is 5.56 Å². The van der Waals surface area contributed by atoms with Gasteiger partial charge in [0.15, 0.2) is 0 Å². The van der Waals surface area contributed by atoms with Gasteiger partial charge < -0.3 is 14.7 Å². The number of pyridine rings is 1. The molecular weight excluding hydrogens is 249 g/mol. The Balaban J connectivity index is 3.03. The lowest BCUT2D eigenvalue weighted by Gasteiger charge is -2.25. The van der Waals surface area contributed by atoms with Crippen molar-refractivity contribution in [2.45, 2.75) is 6.18 Å². The number of hydrogen-bond acceptors (Lipinski definition) is 4. The van der Waals surface area contributed by atoms with Crippen molar-refractivity contribution >= 4 is 5.82 Å². The topological polar surface area (TPSA) is 45.6 Å². The van der Waals surface area contributed by atoms with Crippen LogP contribution in [0.2, 0.25) is 0 Å². The van der Waals surface area contributed by atoms with Gasteiger partial charge in [0.2, 0.25) is 0 Å². The van der Waals surface area contributed by atoms with Crippen molar-refractivity contribution in [2.75, 3.05) is 38.3 Å². The summed E-state index contributed by atoms with van der Waals surface area (Å²) in [6.45, 7) is 0.312. The molecule has 1 rings (SSSR count). The zero-order valence-electron chi connectivity index (χ0n) is 9.94. The van der Waals surface area contributed by atoms with Gasteiger partial charge in [0.1, 0.15) is 5.82 Å². The fraction of sp³-hybridized carbons (Fsp3) is 0.545. The number of rotatable bonds is 6. The molecule has 0 bridgehead atoms. The van der Waals surface area contributed by atoms with Crippen LogP contribution in [-0.4, -0.2) is 43.5 Å². The second-order valence-corrected chi connectivity index (χ2v) is 3.58. The molecule has 0 aliphatic carbocycles. The van der Waals surface area contributed by atoms with E-state index in [1.54, 1.807) is 0 Å². The average Bonchev–Trinajstić information content (AvgIpc) is 2.33. The van der Waals surface area contributed by atoms with Gasteiger partial charge in [-0.25, -0.2) is 4.98 Å². The smallest absolute Gasteiger partial charge is 0.395 e. The molecular formula is C11H15F3N2O2. The molecule has 0 saturated heterocycles. The van der Waals surface area contributed by atoms with Crippen molar-refractivity contribution in [3.63, 3.8) is 0 Å². The Bertz CT molecular complexity index is 372. The Hall–Kier alpha value is -1.34. The molecule has 102 valence electrons. The fourth-order valence-electron chi connectivity index (χ4n) is 1.52. The molecule has 0 saturated carbocycles. The third-order valence-corrected chi connectivity index (χ3v) is 2.33. The predicted molar refractivity (Wildman–Crippen MR) is 60.4 cm³/mol. The second-order valence-electron chi connectivity index (χ2n) is 3.58. The highest BCUT2D eigenvalue weighted by Crippen LogP contribution is 2.34. The minimum Gasteiger partial charge on any atom is -0.395 e. The molecule has 0 aromatic carbocycles. The molecule has 0 amide bonds. The van der Waals surface area contributed by atoms with Crippen LogP contribution >= 0.6 is 0 Å². The Labute approximate surface area is 103 Å². The summed E-state index contributed by atoms with van der Waals surface area (Å²) >= 11 is 0. The number of nitrogens with zero attached hydrogens (tertiary/aromatic N) is 2. The highest BCUT2D eigenvalue weighted by molar-refractivity contribution is 5.48. The number of aliphatic hydroxyl groups is 1. The highest BCUT2D eigenvalue weighted by Gasteiger charge is 2.35. The van der Waals surface area contributed by atoms with Crippen LogP contribution in [0.3, 0.4) is 0 Å². The summed E-state index contributed by atoms with van der Waals surface area (Å²) in [6, 6.07) is 2.21. The zero-order valence-corrected chi connectivity index (χ0v) is 9.94. The Morgan fingerprint density at radius 1 is 1.39 bits per heavy atom. The first-order valence-electron chi connectivity index (χ1n) is 5.37. The van der Waals surface area contributed by atoms with Crippen molar-refractivity contribution < 1.29 is 23.0 Å². The first-order valence-corrected chi connectivity index (χ1v) is 5.37. The molecule has 0 aliphatic rings. The normalized spacial score (nSPS) is 11.6. The predicted octanol–water partition coefficient (Wildman–Crippen LogP) is 1.55. The van der Waals surface area contributed by atoms with Crippen LogP contribution < -0.4 is 4.90 Å². The van der Waals surface area contributed by atoms with Crippen molar-refractivity contribution in [1.82, 2.24) is 4.98 Å². The Kier molecular flexibility index (Phi) is 5.36. The maximum atomic E-state index is 12.8. The Morgan fingerprint density at radius 2 is 2.11 bits per heavy atom. The van der Waals surface area contributed by atoms with Gasteiger partial charge in [-0.3, -0.25) is 0 Å². The maximum absolute atomic E-state index is 12.8. The van der Waals surface area contributed by atoms with Crippen molar-refractivity contribution in [3.05, 3.63) is 23.9 Å². The van der Waals surface area contributed by atoms with E-state index in [0.29, 0.717) is 0 Å². The average molecular weight is 264 g/mol. The van der Waals surface area contributed by atoms with E-state index in [-0.39, 0.29) is 32.1 Å². The maximum Gasteiger partial charge on any atom is 0.419 e. The SMILES string of the molecule is COCCN(CCO)c1ncccc1C(F)(F)F. The molecule has 0 radical (unpaired) electrons. The molecule has 4 nitrogen and oxygen atoms in total. The summed E-state index contributed by atoms with van der Waals surface area (Å²) in [4.78, 5) is 5.11. The van der Waals surface area contributed by atoms with E-state index >= 15 is 0 Å². The molecule has 0 unspecified atom stereocenters. The van der Waals surface area contributed by atoms with Crippen LogP contribution in [0, 0.1) is 0 Å². The summed E-state index contributed by atoms with van der Waals surface area (Å²) in [5, 5.41) is 8.90. The standard InChI is InChI=1S/C11H15F3N2O2/c1-18-8-6-16(5-7-17)10-9(11(12,13)14)3-2-4-15-10/h2-4,17H,5-8H2,1H3. The van der Waals surface area contributed by atoms with Gasteiger partial charge >= 0.3 is 6.18 Å². The zero-order chi connectivity index (χ0) is 13.6. The molecule has 1 N–H and O–H groups in total. The minimum absolute atomic E-state index is 0.0729. The van der Waals surface area contributed by atoms with E-state index < -0.39 is 11.7 Å². The number of aromatic nitrogens is 1. The van der Waals surface area contributed by atoms with Gasteiger partial charge in [0.05, 0.1) is 18.8 Å². The molecule has 0 aliphatic heterocycles. The number of anilines is 1. The third-order valence-electron chi connectivity index (χ3n) is 2.33. The lowest BCUT2D eigenvalue weighted by molar-refractivity contribution is -0.137. The van der Waals surface area contributed by atoms with Gasteiger partial charge in [-0.15, -0.1) is 0 Å². The van der Waals surface area contributed by atoms with E-state index in [4.69, 9.17) is 9.84 Å². The number of methoxy groups -OCH3 is 1. The van der Waals surface area contributed by atoms with Crippen LogP contribution in [0.15, 0.2) is 18.3 Å². The van der Waals surface area contributed by atoms with E-state index in [1.807, 2.05) is 0 Å². The molecule has 1 aromatic rings.